The van der Waals surface area contributed by atoms with Crippen molar-refractivity contribution in [2.24, 2.45) is 0 Å². The fourth-order valence-corrected chi connectivity index (χ4v) is 1.75. The van der Waals surface area contributed by atoms with Gasteiger partial charge in [0.05, 0.1) is 6.07 Å². The molecule has 0 aliphatic heterocycles. The van der Waals surface area contributed by atoms with Crippen LogP contribution in [0.5, 0.6) is 0 Å². The standard InChI is InChI=1S/C12H13BrN2O/c1-9(2)15(7-6-14)12(16)10-4-3-5-11(13)8-10/h3-5,8-9H,7H2,1-2H3. The molecule has 0 saturated carbocycles. The van der Waals surface area contributed by atoms with E-state index in [4.69, 9.17) is 5.26 Å². The molecule has 0 saturated heterocycles. The third-order valence-corrected chi connectivity index (χ3v) is 2.69. The van der Waals surface area contributed by atoms with Crippen LogP contribution in [0.3, 0.4) is 0 Å². The van der Waals surface area contributed by atoms with Gasteiger partial charge in [-0.15, -0.1) is 0 Å². The average molecular weight is 281 g/mol. The third-order valence-electron chi connectivity index (χ3n) is 2.20. The zero-order valence-electron chi connectivity index (χ0n) is 9.27. The van der Waals surface area contributed by atoms with Crippen LogP contribution in [-0.4, -0.2) is 23.4 Å². The molecule has 0 heterocycles. The monoisotopic (exact) mass is 280 g/mol. The molecule has 0 aliphatic rings. The molecule has 0 spiro atoms. The number of hydrogen-bond acceptors (Lipinski definition) is 2. The zero-order valence-corrected chi connectivity index (χ0v) is 10.9. The van der Waals surface area contributed by atoms with Crippen LogP contribution in [-0.2, 0) is 0 Å². The molecule has 0 aromatic heterocycles. The van der Waals surface area contributed by atoms with Crippen LogP contribution in [0.4, 0.5) is 0 Å². The summed E-state index contributed by atoms with van der Waals surface area (Å²) < 4.78 is 0.860. The Morgan fingerprint density at radius 1 is 1.56 bits per heavy atom. The van der Waals surface area contributed by atoms with Gasteiger partial charge in [0.25, 0.3) is 5.91 Å². The first-order valence-electron chi connectivity index (χ1n) is 4.99. The summed E-state index contributed by atoms with van der Waals surface area (Å²) >= 11 is 3.32. The molecular formula is C12H13BrN2O. The predicted octanol–water partition coefficient (Wildman–Crippen LogP) is 2.82. The van der Waals surface area contributed by atoms with Crippen molar-refractivity contribution < 1.29 is 4.79 Å². The molecule has 0 atom stereocenters. The minimum atomic E-state index is -0.113. The number of halogens is 1. The summed E-state index contributed by atoms with van der Waals surface area (Å²) in [6.45, 7) is 3.91. The van der Waals surface area contributed by atoms with Gasteiger partial charge in [-0.1, -0.05) is 22.0 Å². The molecule has 1 aromatic rings. The Hall–Kier alpha value is -1.34. The van der Waals surface area contributed by atoms with Crippen molar-refractivity contribution in [2.45, 2.75) is 19.9 Å². The van der Waals surface area contributed by atoms with Gasteiger partial charge in [-0.05, 0) is 32.0 Å². The number of benzene rings is 1. The molecule has 1 rings (SSSR count). The lowest BCUT2D eigenvalue weighted by molar-refractivity contribution is 0.0731. The second-order valence-electron chi connectivity index (χ2n) is 3.70. The van der Waals surface area contributed by atoms with Gasteiger partial charge in [0, 0.05) is 16.1 Å². The maximum atomic E-state index is 12.1. The topological polar surface area (TPSA) is 44.1 Å². The SMILES string of the molecule is CC(C)N(CC#N)C(=O)c1cccc(Br)c1. The largest absolute Gasteiger partial charge is 0.323 e. The highest BCUT2D eigenvalue weighted by atomic mass is 79.9. The van der Waals surface area contributed by atoms with Crippen LogP contribution in [0.15, 0.2) is 28.7 Å². The van der Waals surface area contributed by atoms with E-state index in [0.29, 0.717) is 5.56 Å². The van der Waals surface area contributed by atoms with Gasteiger partial charge in [0.15, 0.2) is 0 Å². The molecule has 0 bridgehead atoms. The summed E-state index contributed by atoms with van der Waals surface area (Å²) in [7, 11) is 0. The molecule has 0 fully saturated rings. The summed E-state index contributed by atoms with van der Waals surface area (Å²) in [6.07, 6.45) is 0. The molecular weight excluding hydrogens is 268 g/mol. The van der Waals surface area contributed by atoms with Gasteiger partial charge in [0.1, 0.15) is 6.54 Å². The van der Waals surface area contributed by atoms with Crippen molar-refractivity contribution in [2.75, 3.05) is 6.54 Å². The first-order chi connectivity index (χ1) is 7.56. The Morgan fingerprint density at radius 3 is 2.75 bits per heavy atom. The van der Waals surface area contributed by atoms with E-state index in [0.717, 1.165) is 4.47 Å². The van der Waals surface area contributed by atoms with E-state index in [1.165, 1.54) is 0 Å². The summed E-state index contributed by atoms with van der Waals surface area (Å²) in [5, 5.41) is 8.68. The molecule has 1 amide bonds. The number of nitrogens with zero attached hydrogens (tertiary/aromatic N) is 2. The maximum Gasteiger partial charge on any atom is 0.254 e. The number of rotatable bonds is 3. The van der Waals surface area contributed by atoms with E-state index in [1.807, 2.05) is 32.0 Å². The quantitative estimate of drug-likeness (QED) is 0.800. The fourth-order valence-electron chi connectivity index (χ4n) is 1.35. The lowest BCUT2D eigenvalue weighted by Crippen LogP contribution is -2.37. The van der Waals surface area contributed by atoms with E-state index in [1.54, 1.807) is 17.0 Å². The summed E-state index contributed by atoms with van der Waals surface area (Å²) in [4.78, 5) is 13.6. The van der Waals surface area contributed by atoms with Gasteiger partial charge in [0.2, 0.25) is 0 Å². The molecule has 4 heteroatoms. The number of nitriles is 1. The van der Waals surface area contributed by atoms with Crippen molar-refractivity contribution >= 4 is 21.8 Å². The second kappa shape index (κ2) is 5.66. The molecule has 1 aromatic carbocycles. The van der Waals surface area contributed by atoms with Gasteiger partial charge in [-0.3, -0.25) is 4.79 Å². The van der Waals surface area contributed by atoms with Crippen LogP contribution < -0.4 is 0 Å². The number of carbonyl (C=O) groups excluding carboxylic acids is 1. The normalized spacial score (nSPS) is 9.94. The highest BCUT2D eigenvalue weighted by Crippen LogP contribution is 2.14. The fraction of sp³-hybridized carbons (Fsp3) is 0.333. The molecule has 0 aliphatic carbocycles. The number of carbonyl (C=O) groups is 1. The Kier molecular flexibility index (Phi) is 4.51. The molecule has 0 N–H and O–H groups in total. The lowest BCUT2D eigenvalue weighted by Gasteiger charge is -2.23. The van der Waals surface area contributed by atoms with Gasteiger partial charge >= 0.3 is 0 Å². The Labute approximate surface area is 104 Å². The minimum Gasteiger partial charge on any atom is -0.323 e. The van der Waals surface area contributed by atoms with Crippen molar-refractivity contribution in [3.63, 3.8) is 0 Å². The van der Waals surface area contributed by atoms with Crippen LogP contribution in [0.25, 0.3) is 0 Å². The molecule has 3 nitrogen and oxygen atoms in total. The second-order valence-corrected chi connectivity index (χ2v) is 4.61. The predicted molar refractivity (Wildman–Crippen MR) is 65.9 cm³/mol. The summed E-state index contributed by atoms with van der Waals surface area (Å²) in [6, 6.07) is 9.21. The summed E-state index contributed by atoms with van der Waals surface area (Å²) in [5.74, 6) is -0.113. The van der Waals surface area contributed by atoms with Crippen LogP contribution in [0.1, 0.15) is 24.2 Å². The smallest absolute Gasteiger partial charge is 0.254 e. The zero-order chi connectivity index (χ0) is 12.1. The van der Waals surface area contributed by atoms with E-state index < -0.39 is 0 Å². The number of hydrogen-bond donors (Lipinski definition) is 0. The Balaban J connectivity index is 2.95. The molecule has 16 heavy (non-hydrogen) atoms. The van der Waals surface area contributed by atoms with Crippen molar-refractivity contribution in [3.8, 4) is 6.07 Å². The van der Waals surface area contributed by atoms with E-state index >= 15 is 0 Å². The van der Waals surface area contributed by atoms with Crippen LogP contribution >= 0.6 is 15.9 Å². The van der Waals surface area contributed by atoms with Crippen molar-refractivity contribution in [1.82, 2.24) is 4.90 Å². The van der Waals surface area contributed by atoms with E-state index in [9.17, 15) is 4.79 Å². The molecule has 0 radical (unpaired) electrons. The Morgan fingerprint density at radius 2 is 2.25 bits per heavy atom. The molecule has 84 valence electrons. The third kappa shape index (κ3) is 3.07. The molecule has 0 unspecified atom stereocenters. The van der Waals surface area contributed by atoms with Crippen molar-refractivity contribution in [1.29, 1.82) is 5.26 Å². The minimum absolute atomic E-state index is 0.0196. The highest BCUT2D eigenvalue weighted by Gasteiger charge is 2.18. The number of amides is 1. The highest BCUT2D eigenvalue weighted by molar-refractivity contribution is 9.10. The Bertz CT molecular complexity index is 423. The van der Waals surface area contributed by atoms with E-state index in [-0.39, 0.29) is 18.5 Å². The van der Waals surface area contributed by atoms with E-state index in [2.05, 4.69) is 15.9 Å². The average Bonchev–Trinajstić information content (AvgIpc) is 2.24. The van der Waals surface area contributed by atoms with Gasteiger partial charge < -0.3 is 4.90 Å². The van der Waals surface area contributed by atoms with Crippen LogP contribution in [0, 0.1) is 11.3 Å². The van der Waals surface area contributed by atoms with Crippen molar-refractivity contribution in [3.05, 3.63) is 34.3 Å². The van der Waals surface area contributed by atoms with Gasteiger partial charge in [-0.25, -0.2) is 0 Å². The first kappa shape index (κ1) is 12.7. The van der Waals surface area contributed by atoms with Gasteiger partial charge in [-0.2, -0.15) is 5.26 Å². The maximum absolute atomic E-state index is 12.1. The van der Waals surface area contributed by atoms with Crippen LogP contribution in [0.2, 0.25) is 0 Å². The summed E-state index contributed by atoms with van der Waals surface area (Å²) in [5.41, 5.74) is 0.596. The lowest BCUT2D eigenvalue weighted by atomic mass is 10.2. The first-order valence-corrected chi connectivity index (χ1v) is 5.79.